The molecular formula is C42H28N4. The summed E-state index contributed by atoms with van der Waals surface area (Å²) in [5, 5.41) is 27.2. The molecule has 0 bridgehead atoms. The van der Waals surface area contributed by atoms with Crippen molar-refractivity contribution in [1.82, 2.24) is 0 Å². The maximum absolute atomic E-state index is 4.50. The van der Waals surface area contributed by atoms with Gasteiger partial charge in [0.2, 0.25) is 0 Å². The summed E-state index contributed by atoms with van der Waals surface area (Å²) in [6, 6.07) is 54.2. The van der Waals surface area contributed by atoms with Crippen LogP contribution in [0.1, 0.15) is 11.1 Å². The Morgan fingerprint density at radius 3 is 0.935 bits per heavy atom. The van der Waals surface area contributed by atoms with Gasteiger partial charge in [0.25, 0.3) is 0 Å². The van der Waals surface area contributed by atoms with Gasteiger partial charge in [0.15, 0.2) is 0 Å². The predicted octanol–water partition coefficient (Wildman–Crippen LogP) is 13.3. The highest BCUT2D eigenvalue weighted by molar-refractivity contribution is 5.91. The van der Waals surface area contributed by atoms with Crippen LogP contribution in [0.2, 0.25) is 0 Å². The first-order chi connectivity index (χ1) is 22.7. The fourth-order valence-corrected chi connectivity index (χ4v) is 5.74. The van der Waals surface area contributed by atoms with Crippen LogP contribution >= 0.6 is 0 Å². The number of fused-ring (bicyclic) bond motifs is 4. The highest BCUT2D eigenvalue weighted by Gasteiger charge is 2.01. The molecule has 8 rings (SSSR count). The van der Waals surface area contributed by atoms with E-state index in [1.54, 1.807) is 0 Å². The molecule has 0 aliphatic rings. The van der Waals surface area contributed by atoms with Crippen LogP contribution in [-0.2, 0) is 0 Å². The molecule has 0 saturated heterocycles. The van der Waals surface area contributed by atoms with Gasteiger partial charge in [0.05, 0.1) is 22.7 Å². The third-order valence-electron chi connectivity index (χ3n) is 8.19. The molecule has 46 heavy (non-hydrogen) atoms. The van der Waals surface area contributed by atoms with E-state index in [4.69, 9.17) is 0 Å². The molecule has 0 atom stereocenters. The van der Waals surface area contributed by atoms with Crippen LogP contribution in [0.3, 0.4) is 0 Å². The molecule has 8 aromatic rings. The first-order valence-corrected chi connectivity index (χ1v) is 15.3. The third-order valence-corrected chi connectivity index (χ3v) is 8.19. The van der Waals surface area contributed by atoms with Gasteiger partial charge >= 0.3 is 0 Å². The number of hydrogen-bond acceptors (Lipinski definition) is 4. The summed E-state index contributed by atoms with van der Waals surface area (Å²) in [5.41, 5.74) is 5.63. The zero-order valence-electron chi connectivity index (χ0n) is 25.0. The molecule has 8 aromatic carbocycles. The van der Waals surface area contributed by atoms with Crippen LogP contribution < -0.4 is 0 Å². The molecule has 0 saturated carbocycles. The van der Waals surface area contributed by atoms with Crippen molar-refractivity contribution in [1.29, 1.82) is 0 Å². The molecule has 0 heterocycles. The summed E-state index contributed by atoms with van der Waals surface area (Å²) in [5.74, 6) is 0. The van der Waals surface area contributed by atoms with Crippen LogP contribution in [0.5, 0.6) is 0 Å². The van der Waals surface area contributed by atoms with Crippen LogP contribution in [0.15, 0.2) is 178 Å². The summed E-state index contributed by atoms with van der Waals surface area (Å²) in [4.78, 5) is 0. The maximum atomic E-state index is 4.50. The number of azo groups is 2. The summed E-state index contributed by atoms with van der Waals surface area (Å²) in [6.45, 7) is 0. The highest BCUT2D eigenvalue weighted by Crippen LogP contribution is 2.29. The van der Waals surface area contributed by atoms with E-state index >= 15 is 0 Å². The van der Waals surface area contributed by atoms with Crippen LogP contribution in [0.25, 0.3) is 55.2 Å². The molecule has 0 aliphatic heterocycles. The van der Waals surface area contributed by atoms with Crippen LogP contribution in [0, 0.1) is 0 Å². The molecule has 0 spiro atoms. The van der Waals surface area contributed by atoms with E-state index in [1.807, 2.05) is 48.5 Å². The van der Waals surface area contributed by atoms with Gasteiger partial charge in [-0.1, -0.05) is 109 Å². The molecule has 0 aromatic heterocycles. The molecule has 0 N–H and O–H groups in total. The summed E-state index contributed by atoms with van der Waals surface area (Å²) < 4.78 is 0. The van der Waals surface area contributed by atoms with E-state index in [9.17, 15) is 0 Å². The van der Waals surface area contributed by atoms with Gasteiger partial charge < -0.3 is 0 Å². The van der Waals surface area contributed by atoms with Crippen molar-refractivity contribution < 1.29 is 0 Å². The lowest BCUT2D eigenvalue weighted by molar-refractivity contribution is 1.24. The second kappa shape index (κ2) is 12.0. The lowest BCUT2D eigenvalue weighted by Crippen LogP contribution is -1.78. The third kappa shape index (κ3) is 5.92. The molecule has 0 aliphatic carbocycles. The summed E-state index contributed by atoms with van der Waals surface area (Å²) in [6.07, 6.45) is 4.31. The Bertz CT molecular complexity index is 2320. The Kier molecular flexibility index (Phi) is 7.14. The summed E-state index contributed by atoms with van der Waals surface area (Å²) >= 11 is 0. The average molecular weight is 589 g/mol. The first-order valence-electron chi connectivity index (χ1n) is 15.3. The lowest BCUT2D eigenvalue weighted by Gasteiger charge is -2.03. The maximum Gasteiger partial charge on any atom is 0.0863 e. The zero-order valence-corrected chi connectivity index (χ0v) is 25.0. The van der Waals surface area contributed by atoms with Crippen molar-refractivity contribution in [2.24, 2.45) is 20.5 Å². The fraction of sp³-hybridized carbons (Fsp3) is 0. The van der Waals surface area contributed by atoms with Gasteiger partial charge in [-0.3, -0.25) is 0 Å². The topological polar surface area (TPSA) is 49.4 Å². The van der Waals surface area contributed by atoms with Gasteiger partial charge in [-0.25, -0.2) is 0 Å². The number of nitrogens with zero attached hydrogens (tertiary/aromatic N) is 4. The van der Waals surface area contributed by atoms with Crippen LogP contribution in [0.4, 0.5) is 22.7 Å². The number of hydrogen-bond donors (Lipinski definition) is 0. The quantitative estimate of drug-likeness (QED) is 0.137. The Hall–Kier alpha value is -6.26. The minimum absolute atomic E-state index is 0.832. The average Bonchev–Trinajstić information content (AvgIpc) is 3.11. The van der Waals surface area contributed by atoms with Gasteiger partial charge in [-0.05, 0) is 115 Å². The minimum Gasteiger partial charge on any atom is -0.151 e. The Labute approximate surface area is 266 Å². The van der Waals surface area contributed by atoms with E-state index in [1.165, 1.54) is 10.8 Å². The van der Waals surface area contributed by atoms with E-state index in [-0.39, 0.29) is 0 Å². The Morgan fingerprint density at radius 2 is 0.543 bits per heavy atom. The van der Waals surface area contributed by atoms with Gasteiger partial charge in [-0.15, -0.1) is 0 Å². The van der Waals surface area contributed by atoms with Crippen molar-refractivity contribution in [2.75, 3.05) is 0 Å². The van der Waals surface area contributed by atoms with Crippen molar-refractivity contribution in [3.8, 4) is 0 Å². The Morgan fingerprint density at radius 1 is 0.261 bits per heavy atom. The first kappa shape index (κ1) is 27.3. The van der Waals surface area contributed by atoms with Crippen molar-refractivity contribution in [3.05, 3.63) is 169 Å². The molecule has 0 radical (unpaired) electrons. The van der Waals surface area contributed by atoms with E-state index < -0.39 is 0 Å². The van der Waals surface area contributed by atoms with E-state index in [0.29, 0.717) is 0 Å². The second-order valence-electron chi connectivity index (χ2n) is 11.4. The molecular weight excluding hydrogens is 560 g/mol. The molecule has 216 valence electrons. The monoisotopic (exact) mass is 588 g/mol. The van der Waals surface area contributed by atoms with Crippen molar-refractivity contribution >= 4 is 78.0 Å². The van der Waals surface area contributed by atoms with Gasteiger partial charge in [-0.2, -0.15) is 20.5 Å². The molecule has 0 unspecified atom stereocenters. The van der Waals surface area contributed by atoms with Gasteiger partial charge in [0, 0.05) is 0 Å². The van der Waals surface area contributed by atoms with Crippen LogP contribution in [-0.4, -0.2) is 0 Å². The molecule has 4 heteroatoms. The zero-order chi connectivity index (χ0) is 30.7. The normalized spacial score (nSPS) is 12.1. The largest absolute Gasteiger partial charge is 0.151 e. The van der Waals surface area contributed by atoms with E-state index in [2.05, 4.69) is 142 Å². The molecule has 0 amide bonds. The predicted molar refractivity (Wildman–Crippen MR) is 193 cm³/mol. The summed E-state index contributed by atoms with van der Waals surface area (Å²) in [7, 11) is 0. The number of rotatable bonds is 6. The second-order valence-corrected chi connectivity index (χ2v) is 11.4. The van der Waals surface area contributed by atoms with E-state index in [0.717, 1.165) is 66.2 Å². The fourth-order valence-electron chi connectivity index (χ4n) is 5.74. The standard InChI is InChI=1S/C42H28N4/c1-3-7-33-25-39(19-15-31(33)5-1)43-45-41-21-17-35-23-29(11-13-37(35)27-41)9-10-30-12-14-38-28-42(22-18-36(38)24-30)46-44-40-20-16-32-6-2-4-8-34(32)26-40/h1-28H/b10-9+,45-43?,46-44?. The molecule has 4 nitrogen and oxygen atoms in total. The lowest BCUT2D eigenvalue weighted by atomic mass is 10.0. The van der Waals surface area contributed by atoms with Gasteiger partial charge in [0.1, 0.15) is 0 Å². The molecule has 0 fully saturated rings. The number of benzene rings is 8. The minimum atomic E-state index is 0.832. The smallest absolute Gasteiger partial charge is 0.0863 e. The van der Waals surface area contributed by atoms with Crippen molar-refractivity contribution in [2.45, 2.75) is 0 Å². The highest BCUT2D eigenvalue weighted by atomic mass is 15.1. The SMILES string of the molecule is C(=C\c1ccc2cc(N=Nc3ccc4ccccc4c3)ccc2c1)/c1ccc2cc(N=Nc3ccc4ccccc4c3)ccc2c1. The Balaban J connectivity index is 0.958. The van der Waals surface area contributed by atoms with Crippen molar-refractivity contribution in [3.63, 3.8) is 0 Å².